The number of rotatable bonds is 5. The van der Waals surface area contributed by atoms with Crippen molar-refractivity contribution >= 4 is 28.8 Å². The lowest BCUT2D eigenvalue weighted by Crippen LogP contribution is -2.55. The highest BCUT2D eigenvalue weighted by atomic mass is 16.5. The molecule has 3 atom stereocenters. The molecule has 3 aliphatic heterocycles. The predicted octanol–water partition coefficient (Wildman–Crippen LogP) is -0.00920. The van der Waals surface area contributed by atoms with Gasteiger partial charge >= 0.3 is 0 Å². The van der Waals surface area contributed by atoms with Crippen LogP contribution in [0.3, 0.4) is 0 Å². The standard InChI is InChI=1S/C25H40N10O2/c1-16-15-37-11-10-34(16)23-21-24(30-22(29-23)19-12-27-20(26)14-31(19)3)35(13-18-4-5-18)25(28-21)33-8-6-32(7-9-33)17(2)36/h16,18-20,27H,4-15,26H2,1-3H3/t16-,19?,20?/m0/s1. The van der Waals surface area contributed by atoms with Crippen LogP contribution in [0.15, 0.2) is 0 Å². The number of nitrogens with two attached hydrogens (primary N) is 1. The zero-order valence-electron chi connectivity index (χ0n) is 22.3. The van der Waals surface area contributed by atoms with Gasteiger partial charge in [-0.15, -0.1) is 0 Å². The minimum absolute atomic E-state index is 0.0335. The van der Waals surface area contributed by atoms with Crippen LogP contribution in [0, 0.1) is 5.92 Å². The van der Waals surface area contributed by atoms with Crippen molar-refractivity contribution < 1.29 is 9.53 Å². The van der Waals surface area contributed by atoms with Crippen molar-refractivity contribution in [3.8, 4) is 0 Å². The predicted molar refractivity (Wildman–Crippen MR) is 141 cm³/mol. The van der Waals surface area contributed by atoms with Crippen LogP contribution >= 0.6 is 0 Å². The van der Waals surface area contributed by atoms with Gasteiger partial charge in [0.05, 0.1) is 31.5 Å². The molecule has 1 amide bonds. The number of likely N-dealkylation sites (N-methyl/N-ethyl adjacent to an activating group) is 1. The molecule has 0 radical (unpaired) electrons. The monoisotopic (exact) mass is 512 g/mol. The smallest absolute Gasteiger partial charge is 0.219 e. The largest absolute Gasteiger partial charge is 0.377 e. The summed E-state index contributed by atoms with van der Waals surface area (Å²) in [5.74, 6) is 3.46. The van der Waals surface area contributed by atoms with Gasteiger partial charge in [-0.05, 0) is 32.7 Å². The summed E-state index contributed by atoms with van der Waals surface area (Å²) in [6.45, 7) is 11.3. The van der Waals surface area contributed by atoms with E-state index in [1.165, 1.54) is 12.8 Å². The molecule has 0 spiro atoms. The zero-order chi connectivity index (χ0) is 25.7. The summed E-state index contributed by atoms with van der Waals surface area (Å²) in [5.41, 5.74) is 7.94. The van der Waals surface area contributed by atoms with Crippen molar-refractivity contribution in [3.05, 3.63) is 5.82 Å². The van der Waals surface area contributed by atoms with E-state index in [1.54, 1.807) is 6.92 Å². The van der Waals surface area contributed by atoms with Crippen molar-refractivity contribution in [2.45, 2.75) is 51.5 Å². The average molecular weight is 513 g/mol. The van der Waals surface area contributed by atoms with Gasteiger partial charge in [-0.1, -0.05) is 0 Å². The van der Waals surface area contributed by atoms with E-state index in [2.05, 4.69) is 38.6 Å². The fraction of sp³-hybridized carbons (Fsp3) is 0.760. The Bertz CT molecular complexity index is 1140. The molecule has 1 saturated carbocycles. The van der Waals surface area contributed by atoms with Gasteiger partial charge in [-0.3, -0.25) is 19.6 Å². The molecule has 4 fully saturated rings. The molecule has 5 heterocycles. The Kier molecular flexibility index (Phi) is 6.68. The molecule has 37 heavy (non-hydrogen) atoms. The van der Waals surface area contributed by atoms with E-state index in [0.717, 1.165) is 61.5 Å². The summed E-state index contributed by atoms with van der Waals surface area (Å²) < 4.78 is 8.08. The highest BCUT2D eigenvalue weighted by molar-refractivity contribution is 5.86. The number of anilines is 2. The third-order valence-corrected chi connectivity index (χ3v) is 8.25. The number of carbonyl (C=O) groups is 1. The van der Waals surface area contributed by atoms with Gasteiger partial charge in [-0.2, -0.15) is 0 Å². The first-order valence-electron chi connectivity index (χ1n) is 13.7. The average Bonchev–Trinajstić information content (AvgIpc) is 3.63. The van der Waals surface area contributed by atoms with E-state index in [0.29, 0.717) is 38.8 Å². The van der Waals surface area contributed by atoms with Gasteiger partial charge in [0.1, 0.15) is 0 Å². The quantitative estimate of drug-likeness (QED) is 0.566. The number of carbonyl (C=O) groups excluding carboxylic acids is 1. The minimum atomic E-state index is -0.0515. The number of nitrogens with zero attached hydrogens (tertiary/aromatic N) is 8. The number of hydrogen-bond acceptors (Lipinski definition) is 10. The maximum atomic E-state index is 11.9. The molecule has 0 aromatic carbocycles. The van der Waals surface area contributed by atoms with Crippen LogP contribution in [0.1, 0.15) is 38.6 Å². The lowest BCUT2D eigenvalue weighted by Gasteiger charge is -2.37. The number of aromatic nitrogens is 4. The molecule has 6 rings (SSSR count). The number of nitrogens with one attached hydrogen (secondary N) is 1. The first-order valence-corrected chi connectivity index (χ1v) is 13.7. The molecule has 3 N–H and O–H groups in total. The Morgan fingerprint density at radius 2 is 1.92 bits per heavy atom. The van der Waals surface area contributed by atoms with Crippen molar-refractivity contribution in [2.24, 2.45) is 11.7 Å². The van der Waals surface area contributed by atoms with Crippen molar-refractivity contribution in [2.75, 3.05) is 75.9 Å². The normalized spacial score (nSPS) is 27.8. The van der Waals surface area contributed by atoms with E-state index in [1.807, 2.05) is 4.90 Å². The van der Waals surface area contributed by atoms with Crippen LogP contribution < -0.4 is 20.9 Å². The van der Waals surface area contributed by atoms with Crippen molar-refractivity contribution in [1.29, 1.82) is 0 Å². The van der Waals surface area contributed by atoms with Gasteiger partial charge in [0.15, 0.2) is 22.8 Å². The second-order valence-corrected chi connectivity index (χ2v) is 11.1. The van der Waals surface area contributed by atoms with E-state index in [9.17, 15) is 4.79 Å². The number of imidazole rings is 1. The first-order chi connectivity index (χ1) is 17.9. The maximum absolute atomic E-state index is 11.9. The summed E-state index contributed by atoms with van der Waals surface area (Å²) >= 11 is 0. The van der Waals surface area contributed by atoms with Gasteiger partial charge in [-0.25, -0.2) is 15.0 Å². The summed E-state index contributed by atoms with van der Waals surface area (Å²) in [6, 6.07) is 0.234. The molecule has 2 aromatic heterocycles. The minimum Gasteiger partial charge on any atom is -0.377 e. The molecule has 2 unspecified atom stereocenters. The molecule has 202 valence electrons. The Balaban J connectivity index is 1.46. The second-order valence-electron chi connectivity index (χ2n) is 11.1. The molecule has 12 heteroatoms. The number of fused-ring (bicyclic) bond motifs is 1. The first kappa shape index (κ1) is 24.8. The maximum Gasteiger partial charge on any atom is 0.219 e. The van der Waals surface area contributed by atoms with Crippen LogP contribution in [0.25, 0.3) is 11.2 Å². The third-order valence-electron chi connectivity index (χ3n) is 8.25. The van der Waals surface area contributed by atoms with Gasteiger partial charge in [0.2, 0.25) is 11.9 Å². The summed E-state index contributed by atoms with van der Waals surface area (Å²) in [4.78, 5) is 36.4. The molecule has 0 bridgehead atoms. The van der Waals surface area contributed by atoms with E-state index < -0.39 is 0 Å². The number of amides is 1. The fourth-order valence-corrected chi connectivity index (χ4v) is 5.78. The number of ether oxygens (including phenoxy) is 1. The number of piperazine rings is 2. The van der Waals surface area contributed by atoms with E-state index in [4.69, 9.17) is 25.4 Å². The molecular weight excluding hydrogens is 472 g/mol. The summed E-state index contributed by atoms with van der Waals surface area (Å²) in [5, 5.41) is 3.40. The lowest BCUT2D eigenvalue weighted by atomic mass is 10.1. The highest BCUT2D eigenvalue weighted by Gasteiger charge is 2.34. The van der Waals surface area contributed by atoms with Crippen LogP contribution in [-0.2, 0) is 16.1 Å². The van der Waals surface area contributed by atoms with Crippen LogP contribution in [-0.4, -0.2) is 114 Å². The fourth-order valence-electron chi connectivity index (χ4n) is 5.78. The summed E-state index contributed by atoms with van der Waals surface area (Å²) in [6.07, 6.45) is 2.44. The molecular formula is C25H40N10O2. The lowest BCUT2D eigenvalue weighted by molar-refractivity contribution is -0.129. The third kappa shape index (κ3) is 4.87. The Morgan fingerprint density at radius 3 is 2.59 bits per heavy atom. The number of hydrogen-bond donors (Lipinski definition) is 2. The van der Waals surface area contributed by atoms with E-state index in [-0.39, 0.29) is 24.2 Å². The Hall–Kier alpha value is -2.54. The van der Waals surface area contributed by atoms with Gasteiger partial charge in [0.25, 0.3) is 0 Å². The topological polar surface area (TPSA) is 121 Å². The molecule has 3 saturated heterocycles. The van der Waals surface area contributed by atoms with E-state index >= 15 is 0 Å². The summed E-state index contributed by atoms with van der Waals surface area (Å²) in [7, 11) is 2.09. The molecule has 12 nitrogen and oxygen atoms in total. The van der Waals surface area contributed by atoms with Gasteiger partial charge in [0, 0.05) is 59.3 Å². The van der Waals surface area contributed by atoms with Crippen LogP contribution in [0.5, 0.6) is 0 Å². The number of morpholine rings is 1. The molecule has 1 aliphatic carbocycles. The van der Waals surface area contributed by atoms with Crippen molar-refractivity contribution in [1.82, 2.24) is 34.6 Å². The second kappa shape index (κ2) is 9.97. The SMILES string of the molecule is CC(=O)N1CCN(c2nc3c(N4CCOC[C@@H]4C)nc(C4CNC(N)CN4C)nc3n2CC2CC2)CC1. The highest BCUT2D eigenvalue weighted by Crippen LogP contribution is 2.37. The van der Waals surface area contributed by atoms with Gasteiger partial charge < -0.3 is 25.2 Å². The van der Waals surface area contributed by atoms with Crippen LogP contribution in [0.2, 0.25) is 0 Å². The van der Waals surface area contributed by atoms with Crippen molar-refractivity contribution in [3.63, 3.8) is 0 Å². The Morgan fingerprint density at radius 1 is 1.14 bits per heavy atom. The van der Waals surface area contributed by atoms with Crippen LogP contribution in [0.4, 0.5) is 11.8 Å². The Labute approximate surface area is 218 Å². The molecule has 2 aromatic rings. The molecule has 4 aliphatic rings. The zero-order valence-corrected chi connectivity index (χ0v) is 22.3.